The van der Waals surface area contributed by atoms with Gasteiger partial charge in [0.05, 0.1) is 29.3 Å². The van der Waals surface area contributed by atoms with Gasteiger partial charge >= 0.3 is 12.1 Å². The van der Waals surface area contributed by atoms with E-state index in [9.17, 15) is 26.7 Å². The summed E-state index contributed by atoms with van der Waals surface area (Å²) < 4.78 is 67.7. The van der Waals surface area contributed by atoms with Crippen molar-refractivity contribution in [2.75, 3.05) is 6.61 Å². The molecule has 0 saturated heterocycles. The van der Waals surface area contributed by atoms with Crippen LogP contribution in [0.25, 0.3) is 0 Å². The van der Waals surface area contributed by atoms with Crippen molar-refractivity contribution in [3.8, 4) is 0 Å². The Morgan fingerprint density at radius 3 is 2.50 bits per heavy atom. The Morgan fingerprint density at radius 2 is 2.05 bits per heavy atom. The maximum Gasteiger partial charge on any atom is 0.417 e. The number of carbonyl (C=O) groups excluding carboxylic acids is 1. The minimum Gasteiger partial charge on any atom is -0.466 e. The monoisotopic (exact) mass is 317 g/mol. The van der Waals surface area contributed by atoms with Crippen molar-refractivity contribution in [1.82, 2.24) is 4.98 Å². The first kappa shape index (κ1) is 16.6. The average Bonchev–Trinajstić information content (AvgIpc) is 2.30. The molecule has 1 heterocycles. The molecule has 0 atom stereocenters. The molecule has 0 unspecified atom stereocenters. The lowest BCUT2D eigenvalue weighted by atomic mass is 10.1. The first-order valence-corrected chi connectivity index (χ1v) is 5.74. The minimum absolute atomic E-state index is 0.00286. The summed E-state index contributed by atoms with van der Waals surface area (Å²) in [6.07, 6.45) is -8.85. The molecule has 0 aliphatic carbocycles. The lowest BCUT2D eigenvalue weighted by molar-refractivity contribution is -0.143. The highest BCUT2D eigenvalue weighted by atomic mass is 35.5. The summed E-state index contributed by atoms with van der Waals surface area (Å²) >= 11 is 5.48. The van der Waals surface area contributed by atoms with Crippen LogP contribution in [0.3, 0.4) is 0 Å². The molecule has 0 N–H and O–H groups in total. The summed E-state index contributed by atoms with van der Waals surface area (Å²) in [4.78, 5) is 14.5. The Kier molecular flexibility index (Phi) is 5.27. The third-order valence-electron chi connectivity index (χ3n) is 2.19. The number of halogens is 6. The van der Waals surface area contributed by atoms with E-state index in [1.54, 1.807) is 0 Å². The molecule has 0 bridgehead atoms. The second-order valence-corrected chi connectivity index (χ2v) is 4.01. The molecule has 0 aliphatic rings. The van der Waals surface area contributed by atoms with Crippen LogP contribution in [0.15, 0.2) is 6.07 Å². The largest absolute Gasteiger partial charge is 0.466 e. The van der Waals surface area contributed by atoms with Crippen LogP contribution < -0.4 is 0 Å². The zero-order valence-corrected chi connectivity index (χ0v) is 10.9. The van der Waals surface area contributed by atoms with Gasteiger partial charge in [-0.3, -0.25) is 4.79 Å². The fourth-order valence-corrected chi connectivity index (χ4v) is 1.66. The number of rotatable bonds is 4. The molecule has 0 spiro atoms. The van der Waals surface area contributed by atoms with Gasteiger partial charge in [0.2, 0.25) is 0 Å². The molecule has 112 valence electrons. The minimum atomic E-state index is -4.92. The Balaban J connectivity index is 3.28. The summed E-state index contributed by atoms with van der Waals surface area (Å²) in [5.41, 5.74) is -3.14. The van der Waals surface area contributed by atoms with Gasteiger partial charge in [-0.1, -0.05) is 11.6 Å². The van der Waals surface area contributed by atoms with Gasteiger partial charge in [0.15, 0.2) is 0 Å². The fraction of sp³-hybridized carbons (Fsp3) is 0.455. The predicted octanol–water partition coefficient (Wildman–Crippen LogP) is 3.80. The van der Waals surface area contributed by atoms with Gasteiger partial charge < -0.3 is 4.74 Å². The first-order chi connectivity index (χ1) is 9.16. The van der Waals surface area contributed by atoms with Crippen LogP contribution in [-0.4, -0.2) is 17.6 Å². The summed E-state index contributed by atoms with van der Waals surface area (Å²) in [5.74, 6) is -0.901. The second kappa shape index (κ2) is 6.34. The predicted molar refractivity (Wildman–Crippen MR) is 59.5 cm³/mol. The van der Waals surface area contributed by atoms with Gasteiger partial charge in [-0.05, 0) is 13.0 Å². The Morgan fingerprint density at radius 1 is 1.45 bits per heavy atom. The maximum atomic E-state index is 12.7. The lowest BCUT2D eigenvalue weighted by Crippen LogP contribution is -2.14. The van der Waals surface area contributed by atoms with E-state index in [1.807, 2.05) is 0 Å². The van der Waals surface area contributed by atoms with E-state index in [1.165, 1.54) is 6.92 Å². The zero-order chi connectivity index (χ0) is 15.5. The first-order valence-electron chi connectivity index (χ1n) is 5.37. The van der Waals surface area contributed by atoms with Crippen molar-refractivity contribution in [2.45, 2.75) is 25.9 Å². The smallest absolute Gasteiger partial charge is 0.417 e. The molecule has 1 aromatic rings. The quantitative estimate of drug-likeness (QED) is 0.626. The summed E-state index contributed by atoms with van der Waals surface area (Å²) in [7, 11) is 0. The molecule has 0 fully saturated rings. The summed E-state index contributed by atoms with van der Waals surface area (Å²) in [5, 5.41) is -0.880. The van der Waals surface area contributed by atoms with E-state index < -0.39 is 47.0 Å². The van der Waals surface area contributed by atoms with Crippen molar-refractivity contribution < 1.29 is 31.5 Å². The van der Waals surface area contributed by atoms with E-state index in [4.69, 9.17) is 11.6 Å². The lowest BCUT2D eigenvalue weighted by Gasteiger charge is -2.14. The summed E-state index contributed by atoms with van der Waals surface area (Å²) in [6.45, 7) is 1.49. The van der Waals surface area contributed by atoms with E-state index >= 15 is 0 Å². The van der Waals surface area contributed by atoms with Crippen LogP contribution in [0.1, 0.15) is 30.3 Å². The average molecular weight is 318 g/mol. The second-order valence-electron chi connectivity index (χ2n) is 3.64. The molecule has 0 saturated carbocycles. The van der Waals surface area contributed by atoms with E-state index in [2.05, 4.69) is 9.72 Å². The number of hydrogen-bond donors (Lipinski definition) is 0. The third-order valence-corrected chi connectivity index (χ3v) is 2.61. The standard InChI is InChI=1S/C11H9ClF5NO2/c1-2-20-8(19)4-6-9(12)5(11(15,16)17)3-7(18-6)10(13)14/h3,10H,2,4H2,1H3. The number of carbonyl (C=O) groups is 1. The van der Waals surface area contributed by atoms with Crippen molar-refractivity contribution in [3.63, 3.8) is 0 Å². The van der Waals surface area contributed by atoms with Crippen molar-refractivity contribution >= 4 is 17.6 Å². The molecular formula is C11H9ClF5NO2. The Bertz CT molecular complexity index is 504. The van der Waals surface area contributed by atoms with Gasteiger partial charge in [-0.15, -0.1) is 0 Å². The molecule has 0 aliphatic heterocycles. The number of alkyl halides is 5. The number of ether oxygens (including phenoxy) is 1. The number of nitrogens with zero attached hydrogens (tertiary/aromatic N) is 1. The molecular weight excluding hydrogens is 309 g/mol. The SMILES string of the molecule is CCOC(=O)Cc1nc(C(F)F)cc(C(F)(F)F)c1Cl. The molecule has 1 aromatic heterocycles. The molecule has 20 heavy (non-hydrogen) atoms. The van der Waals surface area contributed by atoms with Gasteiger partial charge in [-0.25, -0.2) is 13.8 Å². The zero-order valence-electron chi connectivity index (χ0n) is 10.1. The fourth-order valence-electron chi connectivity index (χ4n) is 1.39. The van der Waals surface area contributed by atoms with E-state index in [0.717, 1.165) is 0 Å². The van der Waals surface area contributed by atoms with Crippen LogP contribution in [-0.2, 0) is 22.1 Å². The normalized spacial score (nSPS) is 11.8. The highest BCUT2D eigenvalue weighted by molar-refractivity contribution is 6.32. The van der Waals surface area contributed by atoms with Crippen LogP contribution in [0.4, 0.5) is 22.0 Å². The molecule has 3 nitrogen and oxygen atoms in total. The molecule has 1 rings (SSSR count). The van der Waals surface area contributed by atoms with E-state index in [0.29, 0.717) is 0 Å². The topological polar surface area (TPSA) is 39.2 Å². The maximum absolute atomic E-state index is 12.7. The van der Waals surface area contributed by atoms with Gasteiger partial charge in [-0.2, -0.15) is 13.2 Å². The van der Waals surface area contributed by atoms with E-state index in [-0.39, 0.29) is 12.7 Å². The van der Waals surface area contributed by atoms with Crippen LogP contribution in [0.2, 0.25) is 5.02 Å². The van der Waals surface area contributed by atoms with Crippen LogP contribution in [0.5, 0.6) is 0 Å². The van der Waals surface area contributed by atoms with Crippen molar-refractivity contribution in [1.29, 1.82) is 0 Å². The van der Waals surface area contributed by atoms with Crippen molar-refractivity contribution in [3.05, 3.63) is 28.0 Å². The molecule has 0 amide bonds. The Hall–Kier alpha value is -1.44. The molecule has 0 aromatic carbocycles. The number of pyridine rings is 1. The van der Waals surface area contributed by atoms with Gasteiger partial charge in [0.25, 0.3) is 6.43 Å². The van der Waals surface area contributed by atoms with Crippen LogP contribution >= 0.6 is 11.6 Å². The molecule has 9 heteroatoms. The highest BCUT2D eigenvalue weighted by Gasteiger charge is 2.36. The van der Waals surface area contributed by atoms with Crippen molar-refractivity contribution in [2.24, 2.45) is 0 Å². The number of hydrogen-bond acceptors (Lipinski definition) is 3. The van der Waals surface area contributed by atoms with Crippen LogP contribution in [0, 0.1) is 0 Å². The third kappa shape index (κ3) is 4.03. The highest BCUT2D eigenvalue weighted by Crippen LogP contribution is 2.37. The Labute approximate surface area is 115 Å². The van der Waals surface area contributed by atoms with Gasteiger partial charge in [0.1, 0.15) is 5.69 Å². The number of esters is 1. The summed E-state index contributed by atoms with van der Waals surface area (Å²) in [6, 6.07) is 0.168. The van der Waals surface area contributed by atoms with Gasteiger partial charge in [0, 0.05) is 0 Å². The molecule has 0 radical (unpaired) electrons. The number of aromatic nitrogens is 1.